The first kappa shape index (κ1) is 12.2. The Morgan fingerprint density at radius 3 is 2.79 bits per heavy atom. The minimum Gasteiger partial charge on any atom is -0.481 e. The molecule has 0 aromatic heterocycles. The van der Waals surface area contributed by atoms with Gasteiger partial charge in [-0.15, -0.1) is 0 Å². The van der Waals surface area contributed by atoms with Gasteiger partial charge in [-0.05, 0) is 37.3 Å². The zero-order chi connectivity index (χ0) is 13.4. The number of fused-ring (bicyclic) bond motifs is 2. The number of hydrogen-bond donors (Lipinski definition) is 1. The maximum atomic E-state index is 12.6. The Hall–Kier alpha value is -1.84. The van der Waals surface area contributed by atoms with E-state index in [1.807, 2.05) is 24.3 Å². The Bertz CT molecular complexity index is 526. The lowest BCUT2D eigenvalue weighted by Gasteiger charge is -2.37. The average molecular weight is 259 g/mol. The summed E-state index contributed by atoms with van der Waals surface area (Å²) in [5.74, 6) is -1.20. The first-order chi connectivity index (χ1) is 9.16. The summed E-state index contributed by atoms with van der Waals surface area (Å²) in [6, 6.07) is 7.88. The van der Waals surface area contributed by atoms with Crippen LogP contribution < -0.4 is 0 Å². The van der Waals surface area contributed by atoms with Gasteiger partial charge in [-0.25, -0.2) is 0 Å². The summed E-state index contributed by atoms with van der Waals surface area (Å²) in [5.41, 5.74) is 1.84. The molecule has 1 aromatic carbocycles. The molecule has 4 nitrogen and oxygen atoms in total. The van der Waals surface area contributed by atoms with Crippen LogP contribution in [0.5, 0.6) is 0 Å². The van der Waals surface area contributed by atoms with E-state index in [-0.39, 0.29) is 11.9 Å². The number of amides is 1. The zero-order valence-corrected chi connectivity index (χ0v) is 10.7. The van der Waals surface area contributed by atoms with E-state index in [2.05, 4.69) is 0 Å². The van der Waals surface area contributed by atoms with Crippen LogP contribution in [0.1, 0.15) is 35.2 Å². The van der Waals surface area contributed by atoms with Crippen LogP contribution in [-0.2, 0) is 11.2 Å². The molecular formula is C15H17NO3. The fourth-order valence-electron chi connectivity index (χ4n) is 3.20. The predicted molar refractivity (Wildman–Crippen MR) is 69.9 cm³/mol. The number of carboxylic acids is 1. The normalized spacial score (nSPS) is 26.3. The largest absolute Gasteiger partial charge is 0.481 e. The van der Waals surface area contributed by atoms with Crippen LogP contribution in [0.4, 0.5) is 0 Å². The van der Waals surface area contributed by atoms with Crippen molar-refractivity contribution in [2.75, 3.05) is 6.54 Å². The second kappa shape index (κ2) is 4.68. The fourth-order valence-corrected chi connectivity index (χ4v) is 3.20. The van der Waals surface area contributed by atoms with E-state index in [0.717, 1.165) is 30.4 Å². The number of aryl methyl sites for hydroxylation is 1. The summed E-state index contributed by atoms with van der Waals surface area (Å²) in [4.78, 5) is 25.5. The quantitative estimate of drug-likeness (QED) is 0.838. The van der Waals surface area contributed by atoms with Crippen molar-refractivity contribution in [1.29, 1.82) is 0 Å². The summed E-state index contributed by atoms with van der Waals surface area (Å²) in [5, 5.41) is 9.14. The van der Waals surface area contributed by atoms with Gasteiger partial charge in [0.1, 0.15) is 0 Å². The van der Waals surface area contributed by atoms with E-state index in [1.54, 1.807) is 4.90 Å². The molecule has 1 N–H and O–H groups in total. The number of carbonyl (C=O) groups is 2. The standard InChI is InChI=1S/C15H17NO3/c17-14-13-4-2-1-3-10(13)5-7-12-8-6-11(15(18)19)9-16(12)14/h1-4,11-12H,5-9H2,(H,18,19)/t11-,12+/m1/s1. The van der Waals surface area contributed by atoms with Crippen molar-refractivity contribution in [3.8, 4) is 0 Å². The van der Waals surface area contributed by atoms with Gasteiger partial charge in [0, 0.05) is 18.2 Å². The molecule has 0 unspecified atom stereocenters. The third-order valence-electron chi connectivity index (χ3n) is 4.31. The van der Waals surface area contributed by atoms with Gasteiger partial charge in [0.2, 0.25) is 0 Å². The molecule has 100 valence electrons. The zero-order valence-electron chi connectivity index (χ0n) is 10.7. The highest BCUT2D eigenvalue weighted by molar-refractivity contribution is 5.96. The van der Waals surface area contributed by atoms with E-state index in [9.17, 15) is 9.59 Å². The van der Waals surface area contributed by atoms with E-state index in [1.165, 1.54) is 0 Å². The molecular weight excluding hydrogens is 242 g/mol. The summed E-state index contributed by atoms with van der Waals surface area (Å²) in [7, 11) is 0. The Labute approximate surface area is 112 Å². The molecule has 1 saturated heterocycles. The average Bonchev–Trinajstić information content (AvgIpc) is 2.57. The van der Waals surface area contributed by atoms with Crippen LogP contribution in [0.15, 0.2) is 24.3 Å². The monoisotopic (exact) mass is 259 g/mol. The molecule has 3 rings (SSSR count). The Kier molecular flexibility index (Phi) is 3.01. The highest BCUT2D eigenvalue weighted by atomic mass is 16.4. The lowest BCUT2D eigenvalue weighted by Crippen LogP contribution is -2.47. The lowest BCUT2D eigenvalue weighted by atomic mass is 9.91. The van der Waals surface area contributed by atoms with Crippen LogP contribution in [0, 0.1) is 5.92 Å². The van der Waals surface area contributed by atoms with Gasteiger partial charge in [0.15, 0.2) is 0 Å². The number of carbonyl (C=O) groups excluding carboxylic acids is 1. The summed E-state index contributed by atoms with van der Waals surface area (Å²) in [6.07, 6.45) is 3.33. The van der Waals surface area contributed by atoms with Gasteiger partial charge in [0.05, 0.1) is 5.92 Å². The third-order valence-corrected chi connectivity index (χ3v) is 4.31. The highest BCUT2D eigenvalue weighted by Crippen LogP contribution is 2.30. The van der Waals surface area contributed by atoms with Gasteiger partial charge in [0.25, 0.3) is 5.91 Å². The van der Waals surface area contributed by atoms with Crippen molar-refractivity contribution in [1.82, 2.24) is 4.90 Å². The van der Waals surface area contributed by atoms with Crippen molar-refractivity contribution in [2.45, 2.75) is 31.7 Å². The van der Waals surface area contributed by atoms with Crippen LogP contribution in [0.25, 0.3) is 0 Å². The topological polar surface area (TPSA) is 57.6 Å². The molecule has 1 amide bonds. The number of aliphatic carboxylic acids is 1. The number of benzene rings is 1. The molecule has 2 aliphatic heterocycles. The van der Waals surface area contributed by atoms with Crippen molar-refractivity contribution >= 4 is 11.9 Å². The third kappa shape index (κ3) is 2.11. The molecule has 2 atom stereocenters. The van der Waals surface area contributed by atoms with Gasteiger partial charge in [-0.2, -0.15) is 0 Å². The minimum absolute atomic E-state index is 0.00375. The molecule has 1 fully saturated rings. The van der Waals surface area contributed by atoms with Gasteiger partial charge in [-0.3, -0.25) is 9.59 Å². The lowest BCUT2D eigenvalue weighted by molar-refractivity contribution is -0.143. The smallest absolute Gasteiger partial charge is 0.308 e. The molecule has 0 bridgehead atoms. The van der Waals surface area contributed by atoms with Crippen molar-refractivity contribution in [3.63, 3.8) is 0 Å². The van der Waals surface area contributed by atoms with Crippen LogP contribution in [0.2, 0.25) is 0 Å². The number of piperidine rings is 1. The molecule has 2 aliphatic rings. The second-order valence-corrected chi connectivity index (χ2v) is 5.42. The molecule has 1 aromatic rings. The number of hydrogen-bond acceptors (Lipinski definition) is 2. The summed E-state index contributed by atoms with van der Waals surface area (Å²) in [6.45, 7) is 0.354. The van der Waals surface area contributed by atoms with Crippen LogP contribution in [-0.4, -0.2) is 34.5 Å². The van der Waals surface area contributed by atoms with E-state index in [4.69, 9.17) is 5.11 Å². The second-order valence-electron chi connectivity index (χ2n) is 5.42. The summed E-state index contributed by atoms with van der Waals surface area (Å²) >= 11 is 0. The maximum absolute atomic E-state index is 12.6. The SMILES string of the molecule is O=C(O)[C@@H]1CC[C@@H]2CCc3ccccc3C(=O)N2C1. The van der Waals surface area contributed by atoms with Crippen LogP contribution in [0.3, 0.4) is 0 Å². The summed E-state index contributed by atoms with van der Waals surface area (Å²) < 4.78 is 0. The molecule has 4 heteroatoms. The molecule has 19 heavy (non-hydrogen) atoms. The first-order valence-corrected chi connectivity index (χ1v) is 6.78. The predicted octanol–water partition coefficient (Wildman–Crippen LogP) is 1.94. The Morgan fingerprint density at radius 1 is 1.21 bits per heavy atom. The Balaban J connectivity index is 1.92. The number of carboxylic acid groups (broad SMARTS) is 1. The van der Waals surface area contributed by atoms with Gasteiger partial charge < -0.3 is 10.0 Å². The van der Waals surface area contributed by atoms with Crippen LogP contribution >= 0.6 is 0 Å². The van der Waals surface area contributed by atoms with E-state index >= 15 is 0 Å². The van der Waals surface area contributed by atoms with Gasteiger partial charge >= 0.3 is 5.97 Å². The Morgan fingerprint density at radius 2 is 2.00 bits per heavy atom. The minimum atomic E-state index is -0.788. The maximum Gasteiger partial charge on any atom is 0.308 e. The highest BCUT2D eigenvalue weighted by Gasteiger charge is 2.37. The van der Waals surface area contributed by atoms with Crippen molar-refractivity contribution < 1.29 is 14.7 Å². The molecule has 0 radical (unpaired) electrons. The fraction of sp³-hybridized carbons (Fsp3) is 0.467. The number of rotatable bonds is 1. The first-order valence-electron chi connectivity index (χ1n) is 6.78. The van der Waals surface area contributed by atoms with E-state index in [0.29, 0.717) is 13.0 Å². The molecule has 0 spiro atoms. The number of nitrogens with zero attached hydrogens (tertiary/aromatic N) is 1. The van der Waals surface area contributed by atoms with Crippen molar-refractivity contribution in [3.05, 3.63) is 35.4 Å². The molecule has 0 saturated carbocycles. The van der Waals surface area contributed by atoms with Crippen molar-refractivity contribution in [2.24, 2.45) is 5.92 Å². The molecule has 2 heterocycles. The van der Waals surface area contributed by atoms with E-state index < -0.39 is 11.9 Å². The van der Waals surface area contributed by atoms with Gasteiger partial charge in [-0.1, -0.05) is 18.2 Å². The molecule has 0 aliphatic carbocycles.